The Balaban J connectivity index is 1.38. The number of rotatable bonds is 4. The van der Waals surface area contributed by atoms with Crippen molar-refractivity contribution in [3.05, 3.63) is 104 Å². The Morgan fingerprint density at radius 3 is 2.75 bits per heavy atom. The van der Waals surface area contributed by atoms with E-state index in [0.717, 1.165) is 22.0 Å². The van der Waals surface area contributed by atoms with Crippen molar-refractivity contribution in [2.24, 2.45) is 0 Å². The summed E-state index contributed by atoms with van der Waals surface area (Å²) in [5.74, 6) is 0.666. The van der Waals surface area contributed by atoms with Crippen LogP contribution in [0.1, 0.15) is 10.6 Å². The van der Waals surface area contributed by atoms with E-state index in [1.807, 2.05) is 48.5 Å². The summed E-state index contributed by atoms with van der Waals surface area (Å²) in [4.78, 5) is 17.1. The van der Waals surface area contributed by atoms with Crippen LogP contribution in [0.3, 0.4) is 0 Å². The highest BCUT2D eigenvalue weighted by Gasteiger charge is 2.15. The monoisotopic (exact) mass is 507 g/mol. The van der Waals surface area contributed by atoms with E-state index >= 15 is 0 Å². The van der Waals surface area contributed by atoms with Crippen molar-refractivity contribution < 1.29 is 8.94 Å². The van der Waals surface area contributed by atoms with E-state index < -0.39 is 5.63 Å². The molecule has 3 heterocycles. The third-order valence-electron chi connectivity index (χ3n) is 5.67. The highest BCUT2D eigenvalue weighted by molar-refractivity contribution is 7.11. The van der Waals surface area contributed by atoms with Gasteiger partial charge in [-0.1, -0.05) is 53.2 Å². The quantitative estimate of drug-likeness (QED) is 0.182. The molecule has 0 N–H and O–H groups in total. The van der Waals surface area contributed by atoms with Gasteiger partial charge in [-0.25, -0.2) is 9.78 Å². The fourth-order valence-corrected chi connectivity index (χ4v) is 4.92. The number of allylic oxidation sites excluding steroid dienone is 1. The van der Waals surface area contributed by atoms with Crippen LogP contribution in [0.2, 0.25) is 5.02 Å². The number of hydrogen-bond donors (Lipinski definition) is 0. The lowest BCUT2D eigenvalue weighted by molar-refractivity contribution is 0.441. The zero-order chi connectivity index (χ0) is 24.6. The summed E-state index contributed by atoms with van der Waals surface area (Å²) < 4.78 is 11.0. The topological polar surface area (TPSA) is 92.9 Å². The molecule has 0 unspecified atom stereocenters. The molecule has 0 spiro atoms. The van der Waals surface area contributed by atoms with Crippen LogP contribution >= 0.6 is 22.9 Å². The van der Waals surface area contributed by atoms with E-state index in [0.29, 0.717) is 43.6 Å². The fourth-order valence-electron chi connectivity index (χ4n) is 3.95. The normalized spacial score (nSPS) is 11.7. The molecule has 0 aliphatic heterocycles. The number of benzene rings is 3. The molecule has 0 atom stereocenters. The van der Waals surface area contributed by atoms with E-state index in [1.165, 1.54) is 11.3 Å². The van der Waals surface area contributed by atoms with Gasteiger partial charge in [-0.2, -0.15) is 5.26 Å². The number of nitriles is 1. The first kappa shape index (κ1) is 22.0. The Bertz CT molecular complexity index is 1900. The van der Waals surface area contributed by atoms with Crippen molar-refractivity contribution >= 4 is 56.5 Å². The smallest absolute Gasteiger partial charge is 0.345 e. The fraction of sp³-hybridized carbons (Fsp3) is 0. The summed E-state index contributed by atoms with van der Waals surface area (Å²) in [5, 5.41) is 18.3. The van der Waals surface area contributed by atoms with Gasteiger partial charge in [-0.15, -0.1) is 11.3 Å². The number of aromatic nitrogens is 2. The maximum atomic E-state index is 12.6. The zero-order valence-electron chi connectivity index (χ0n) is 18.4. The minimum absolute atomic E-state index is 0.308. The van der Waals surface area contributed by atoms with Crippen molar-refractivity contribution in [3.63, 3.8) is 0 Å². The summed E-state index contributed by atoms with van der Waals surface area (Å²) in [6, 6.07) is 24.3. The van der Waals surface area contributed by atoms with E-state index in [2.05, 4.69) is 16.2 Å². The Morgan fingerprint density at radius 1 is 1.06 bits per heavy atom. The lowest BCUT2D eigenvalue weighted by Gasteiger charge is -2.00. The van der Waals surface area contributed by atoms with Crippen molar-refractivity contribution in [2.75, 3.05) is 0 Å². The van der Waals surface area contributed by atoms with Crippen LogP contribution in [0, 0.1) is 11.3 Å². The molecule has 0 fully saturated rings. The van der Waals surface area contributed by atoms with Crippen molar-refractivity contribution in [1.82, 2.24) is 10.1 Å². The molecule has 3 aromatic carbocycles. The molecule has 6 aromatic rings. The average molecular weight is 508 g/mol. The van der Waals surface area contributed by atoms with Gasteiger partial charge >= 0.3 is 5.63 Å². The predicted octanol–water partition coefficient (Wildman–Crippen LogP) is 7.44. The van der Waals surface area contributed by atoms with Crippen LogP contribution < -0.4 is 5.63 Å². The van der Waals surface area contributed by atoms with E-state index in [9.17, 15) is 10.1 Å². The first-order valence-electron chi connectivity index (χ1n) is 10.9. The van der Waals surface area contributed by atoms with Crippen molar-refractivity contribution in [1.29, 1.82) is 5.26 Å². The molecule has 6 rings (SSSR count). The molecule has 0 bridgehead atoms. The van der Waals surface area contributed by atoms with Crippen molar-refractivity contribution in [3.8, 4) is 28.7 Å². The molecule has 36 heavy (non-hydrogen) atoms. The molecule has 3 aromatic heterocycles. The largest absolute Gasteiger partial charge is 0.422 e. The highest BCUT2D eigenvalue weighted by Crippen LogP contribution is 2.32. The Hall–Kier alpha value is -4.51. The molecule has 8 heteroatoms. The lowest BCUT2D eigenvalue weighted by atomic mass is 10.0. The molecule has 0 amide bonds. The standard InChI is InChI=1S/C28H14ClN3O3S/c29-20-7-9-25-18(12-20)13-22(28(33)34-25)24-15-36-27(31-24)19(14-30)10-16-6-8-23-21(11-16)26(35-32-23)17-4-2-1-3-5-17/h1-13,15H/b19-10+. The van der Waals surface area contributed by atoms with E-state index in [1.54, 1.807) is 35.7 Å². The molecule has 0 saturated carbocycles. The molecule has 6 nitrogen and oxygen atoms in total. The van der Waals surface area contributed by atoms with Gasteiger partial charge in [0.25, 0.3) is 0 Å². The predicted molar refractivity (Wildman–Crippen MR) is 142 cm³/mol. The van der Waals surface area contributed by atoms with Gasteiger partial charge in [0.2, 0.25) is 0 Å². The Morgan fingerprint density at radius 2 is 1.92 bits per heavy atom. The molecule has 172 valence electrons. The minimum Gasteiger partial charge on any atom is -0.422 e. The SMILES string of the molecule is N#C/C(=C\c1ccc2noc(-c3ccccc3)c2c1)c1nc(-c2cc3cc(Cl)ccc3oc2=O)cs1. The number of nitrogens with zero attached hydrogens (tertiary/aromatic N) is 3. The van der Waals surface area contributed by atoms with E-state index in [-0.39, 0.29) is 0 Å². The number of halogens is 1. The summed E-state index contributed by atoms with van der Waals surface area (Å²) in [6.45, 7) is 0. The second kappa shape index (κ2) is 8.93. The van der Waals surface area contributed by atoms with Crippen LogP contribution in [0.15, 0.2) is 91.9 Å². The van der Waals surface area contributed by atoms with Crippen LogP contribution in [0.4, 0.5) is 0 Å². The van der Waals surface area contributed by atoms with Crippen LogP contribution in [-0.4, -0.2) is 10.1 Å². The van der Waals surface area contributed by atoms with Gasteiger partial charge in [0.15, 0.2) is 5.76 Å². The van der Waals surface area contributed by atoms with Gasteiger partial charge in [0, 0.05) is 21.4 Å². The third-order valence-corrected chi connectivity index (χ3v) is 6.78. The summed E-state index contributed by atoms with van der Waals surface area (Å²) in [5.41, 5.74) is 3.50. The van der Waals surface area contributed by atoms with Crippen LogP contribution in [0.25, 0.3) is 56.1 Å². The molecule has 0 radical (unpaired) electrons. The average Bonchev–Trinajstić information content (AvgIpc) is 3.55. The number of fused-ring (bicyclic) bond motifs is 2. The second-order valence-corrected chi connectivity index (χ2v) is 9.29. The van der Waals surface area contributed by atoms with Gasteiger partial charge in [-0.3, -0.25) is 0 Å². The maximum absolute atomic E-state index is 12.6. The second-order valence-electron chi connectivity index (χ2n) is 7.99. The minimum atomic E-state index is -0.504. The third kappa shape index (κ3) is 3.99. The Kier molecular flexibility index (Phi) is 5.45. The maximum Gasteiger partial charge on any atom is 0.345 e. The van der Waals surface area contributed by atoms with Gasteiger partial charge < -0.3 is 8.94 Å². The molecular weight excluding hydrogens is 494 g/mol. The molecular formula is C28H14ClN3O3S. The highest BCUT2D eigenvalue weighted by atomic mass is 35.5. The van der Waals surface area contributed by atoms with Crippen LogP contribution in [0.5, 0.6) is 0 Å². The Labute approximate surface area is 213 Å². The molecule has 0 aliphatic carbocycles. The van der Waals surface area contributed by atoms with Gasteiger partial charge in [-0.05, 0) is 48.0 Å². The van der Waals surface area contributed by atoms with E-state index in [4.69, 9.17) is 20.5 Å². The lowest BCUT2D eigenvalue weighted by Crippen LogP contribution is -2.02. The summed E-state index contributed by atoms with van der Waals surface area (Å²) >= 11 is 7.36. The van der Waals surface area contributed by atoms with Crippen molar-refractivity contribution in [2.45, 2.75) is 0 Å². The molecule has 0 saturated heterocycles. The number of thiazole rings is 1. The summed E-state index contributed by atoms with van der Waals surface area (Å²) in [7, 11) is 0. The van der Waals surface area contributed by atoms with Gasteiger partial charge in [0.05, 0.1) is 22.2 Å². The first-order chi connectivity index (χ1) is 17.6. The zero-order valence-corrected chi connectivity index (χ0v) is 20.0. The van der Waals surface area contributed by atoms with Crippen LogP contribution in [-0.2, 0) is 0 Å². The first-order valence-corrected chi connectivity index (χ1v) is 12.1. The van der Waals surface area contributed by atoms with Gasteiger partial charge in [0.1, 0.15) is 22.2 Å². The summed E-state index contributed by atoms with van der Waals surface area (Å²) in [6.07, 6.45) is 1.76. The number of hydrogen-bond acceptors (Lipinski definition) is 7. The molecule has 0 aliphatic rings.